The fourth-order valence-electron chi connectivity index (χ4n) is 2.29. The summed E-state index contributed by atoms with van der Waals surface area (Å²) in [6.07, 6.45) is 2.70. The molecule has 1 N–H and O–H groups in total. The van der Waals surface area contributed by atoms with Crippen molar-refractivity contribution in [2.75, 3.05) is 40.3 Å². The second-order valence-electron chi connectivity index (χ2n) is 6.22. The summed E-state index contributed by atoms with van der Waals surface area (Å²) in [5.74, 6) is 0. The average molecular weight is 227 g/mol. The molecule has 3 heteroatoms. The molecule has 3 nitrogen and oxygen atoms in total. The van der Waals surface area contributed by atoms with E-state index in [4.69, 9.17) is 0 Å². The van der Waals surface area contributed by atoms with Gasteiger partial charge in [0.25, 0.3) is 0 Å². The van der Waals surface area contributed by atoms with Gasteiger partial charge in [0.2, 0.25) is 0 Å². The molecule has 0 aromatic heterocycles. The van der Waals surface area contributed by atoms with E-state index in [1.165, 1.54) is 25.9 Å². The molecule has 1 aliphatic heterocycles. The summed E-state index contributed by atoms with van der Waals surface area (Å²) >= 11 is 0. The number of nitrogens with one attached hydrogen (secondary N) is 1. The number of hydrogen-bond acceptors (Lipinski definition) is 3. The summed E-state index contributed by atoms with van der Waals surface area (Å²) in [7, 11) is 4.49. The van der Waals surface area contributed by atoms with Gasteiger partial charge in [-0.1, -0.05) is 0 Å². The van der Waals surface area contributed by atoms with Gasteiger partial charge in [-0.15, -0.1) is 0 Å². The monoisotopic (exact) mass is 227 g/mol. The molecule has 1 fully saturated rings. The van der Waals surface area contributed by atoms with Gasteiger partial charge in [0.05, 0.1) is 0 Å². The molecule has 0 aromatic rings. The smallest absolute Gasteiger partial charge is 0.0221 e. The standard InChI is InChI=1S/C13H29N3/c1-13(2,3)14-8-10-16(5)12-7-6-9-15(4)11-12/h12,14H,6-11H2,1-5H3. The fraction of sp³-hybridized carbons (Fsp3) is 1.00. The van der Waals surface area contributed by atoms with E-state index in [9.17, 15) is 0 Å². The van der Waals surface area contributed by atoms with E-state index in [1.807, 2.05) is 0 Å². The van der Waals surface area contributed by atoms with Crippen molar-refractivity contribution in [3.63, 3.8) is 0 Å². The minimum atomic E-state index is 0.240. The lowest BCUT2D eigenvalue weighted by molar-refractivity contribution is 0.133. The highest BCUT2D eigenvalue weighted by Crippen LogP contribution is 2.12. The Kier molecular flexibility index (Phi) is 5.22. The first-order valence-electron chi connectivity index (χ1n) is 6.52. The number of rotatable bonds is 4. The maximum atomic E-state index is 3.55. The predicted octanol–water partition coefficient (Wildman–Crippen LogP) is 1.40. The molecular formula is C13H29N3. The molecule has 0 aromatic carbocycles. The normalized spacial score (nSPS) is 24.0. The van der Waals surface area contributed by atoms with Crippen LogP contribution in [0, 0.1) is 0 Å². The van der Waals surface area contributed by atoms with Crippen LogP contribution in [0.25, 0.3) is 0 Å². The van der Waals surface area contributed by atoms with E-state index in [0.717, 1.165) is 19.1 Å². The van der Waals surface area contributed by atoms with Crippen LogP contribution in [-0.4, -0.2) is 61.7 Å². The molecule has 1 unspecified atom stereocenters. The van der Waals surface area contributed by atoms with E-state index in [1.54, 1.807) is 0 Å². The van der Waals surface area contributed by atoms with E-state index < -0.39 is 0 Å². The number of nitrogens with zero attached hydrogens (tertiary/aromatic N) is 2. The van der Waals surface area contributed by atoms with E-state index >= 15 is 0 Å². The Morgan fingerprint density at radius 2 is 2.06 bits per heavy atom. The lowest BCUT2D eigenvalue weighted by Gasteiger charge is -2.36. The minimum Gasteiger partial charge on any atom is -0.311 e. The zero-order valence-corrected chi connectivity index (χ0v) is 11.7. The molecule has 0 bridgehead atoms. The van der Waals surface area contributed by atoms with Gasteiger partial charge in [-0.2, -0.15) is 0 Å². The summed E-state index contributed by atoms with van der Waals surface area (Å²) < 4.78 is 0. The van der Waals surface area contributed by atoms with Gasteiger partial charge in [0.1, 0.15) is 0 Å². The molecule has 0 spiro atoms. The Morgan fingerprint density at radius 3 is 2.62 bits per heavy atom. The van der Waals surface area contributed by atoms with Gasteiger partial charge in [-0.05, 0) is 54.3 Å². The third-order valence-electron chi connectivity index (χ3n) is 3.34. The Balaban J connectivity index is 2.21. The molecule has 1 aliphatic rings. The Bertz CT molecular complexity index is 198. The van der Waals surface area contributed by atoms with Crippen molar-refractivity contribution in [3.05, 3.63) is 0 Å². The van der Waals surface area contributed by atoms with Crippen LogP contribution in [0.4, 0.5) is 0 Å². The van der Waals surface area contributed by atoms with Crippen LogP contribution in [0.2, 0.25) is 0 Å². The van der Waals surface area contributed by atoms with E-state index in [-0.39, 0.29) is 5.54 Å². The van der Waals surface area contributed by atoms with Gasteiger partial charge < -0.3 is 15.1 Å². The SMILES string of the molecule is CN1CCCC(N(C)CCNC(C)(C)C)C1. The average Bonchev–Trinajstić information content (AvgIpc) is 2.15. The molecule has 1 atom stereocenters. The lowest BCUT2D eigenvalue weighted by Crippen LogP contribution is -2.48. The minimum absolute atomic E-state index is 0.240. The molecule has 0 aliphatic carbocycles. The van der Waals surface area contributed by atoms with Crippen molar-refractivity contribution >= 4 is 0 Å². The number of likely N-dealkylation sites (N-methyl/N-ethyl adjacent to an activating group) is 2. The number of likely N-dealkylation sites (tertiary alicyclic amines) is 1. The molecule has 0 amide bonds. The van der Waals surface area contributed by atoms with Crippen molar-refractivity contribution in [1.82, 2.24) is 15.1 Å². The molecule has 96 valence electrons. The third kappa shape index (κ3) is 5.28. The first kappa shape index (κ1) is 13.9. The summed E-state index contributed by atoms with van der Waals surface area (Å²) in [5.41, 5.74) is 0.240. The second kappa shape index (κ2) is 5.99. The second-order valence-corrected chi connectivity index (χ2v) is 6.22. The zero-order valence-electron chi connectivity index (χ0n) is 11.7. The van der Waals surface area contributed by atoms with Crippen molar-refractivity contribution in [2.24, 2.45) is 0 Å². The fourth-order valence-corrected chi connectivity index (χ4v) is 2.29. The molecule has 1 saturated heterocycles. The molecule has 1 rings (SSSR count). The van der Waals surface area contributed by atoms with Crippen LogP contribution < -0.4 is 5.32 Å². The van der Waals surface area contributed by atoms with Crippen molar-refractivity contribution in [3.8, 4) is 0 Å². The van der Waals surface area contributed by atoms with Gasteiger partial charge in [0, 0.05) is 31.2 Å². The first-order chi connectivity index (χ1) is 7.38. The predicted molar refractivity (Wildman–Crippen MR) is 70.9 cm³/mol. The maximum absolute atomic E-state index is 3.55. The topological polar surface area (TPSA) is 18.5 Å². The highest BCUT2D eigenvalue weighted by Gasteiger charge is 2.20. The number of piperidine rings is 1. The van der Waals surface area contributed by atoms with Crippen LogP contribution >= 0.6 is 0 Å². The number of hydrogen-bond donors (Lipinski definition) is 1. The van der Waals surface area contributed by atoms with Crippen LogP contribution in [0.15, 0.2) is 0 Å². The van der Waals surface area contributed by atoms with E-state index in [0.29, 0.717) is 0 Å². The zero-order chi connectivity index (χ0) is 12.2. The molecule has 1 heterocycles. The molecular weight excluding hydrogens is 198 g/mol. The maximum Gasteiger partial charge on any atom is 0.0221 e. The van der Waals surface area contributed by atoms with Crippen molar-refractivity contribution in [1.29, 1.82) is 0 Å². The summed E-state index contributed by atoms with van der Waals surface area (Å²) in [5, 5.41) is 3.55. The molecule has 16 heavy (non-hydrogen) atoms. The Labute approximate surface area is 101 Å². The lowest BCUT2D eigenvalue weighted by atomic mass is 10.1. The van der Waals surface area contributed by atoms with Crippen LogP contribution in [0.1, 0.15) is 33.6 Å². The molecule has 0 saturated carbocycles. The Morgan fingerprint density at radius 1 is 1.38 bits per heavy atom. The van der Waals surface area contributed by atoms with Gasteiger partial charge in [-0.3, -0.25) is 0 Å². The quantitative estimate of drug-likeness (QED) is 0.783. The molecule has 0 radical (unpaired) electrons. The van der Waals surface area contributed by atoms with Gasteiger partial charge in [0.15, 0.2) is 0 Å². The summed E-state index contributed by atoms with van der Waals surface area (Å²) in [6, 6.07) is 0.750. The van der Waals surface area contributed by atoms with Crippen LogP contribution in [0.5, 0.6) is 0 Å². The van der Waals surface area contributed by atoms with Gasteiger partial charge >= 0.3 is 0 Å². The Hall–Kier alpha value is -0.120. The van der Waals surface area contributed by atoms with Crippen molar-refractivity contribution < 1.29 is 0 Å². The summed E-state index contributed by atoms with van der Waals surface area (Å²) in [6.45, 7) is 11.4. The highest BCUT2D eigenvalue weighted by molar-refractivity contribution is 4.79. The van der Waals surface area contributed by atoms with Gasteiger partial charge in [-0.25, -0.2) is 0 Å². The van der Waals surface area contributed by atoms with Crippen LogP contribution in [0.3, 0.4) is 0 Å². The largest absolute Gasteiger partial charge is 0.311 e. The van der Waals surface area contributed by atoms with Crippen LogP contribution in [-0.2, 0) is 0 Å². The van der Waals surface area contributed by atoms with Crippen molar-refractivity contribution in [2.45, 2.75) is 45.2 Å². The summed E-state index contributed by atoms with van der Waals surface area (Å²) in [4.78, 5) is 4.95. The highest BCUT2D eigenvalue weighted by atomic mass is 15.2. The van der Waals surface area contributed by atoms with E-state index in [2.05, 4.69) is 50.0 Å². The first-order valence-corrected chi connectivity index (χ1v) is 6.52. The third-order valence-corrected chi connectivity index (χ3v) is 3.34.